The summed E-state index contributed by atoms with van der Waals surface area (Å²) in [6, 6.07) is 10.5. The number of carbonyl (C=O) groups excluding carboxylic acids is 1. The summed E-state index contributed by atoms with van der Waals surface area (Å²) < 4.78 is 1.79. The van der Waals surface area contributed by atoms with Crippen LogP contribution in [0.15, 0.2) is 48.3 Å². The zero-order chi connectivity index (χ0) is 22.1. The van der Waals surface area contributed by atoms with Crippen LogP contribution in [0.25, 0.3) is 17.3 Å². The molecular formula is C25H28N6O. The van der Waals surface area contributed by atoms with Gasteiger partial charge in [-0.15, -0.1) is 0 Å². The molecule has 2 aliphatic rings. The highest BCUT2D eigenvalue weighted by molar-refractivity contribution is 5.74. The molecule has 2 aliphatic heterocycles. The molecule has 7 heteroatoms. The number of anilines is 1. The molecule has 1 aromatic carbocycles. The third-order valence-corrected chi connectivity index (χ3v) is 6.29. The first-order valence-corrected chi connectivity index (χ1v) is 11.2. The molecule has 0 spiro atoms. The second-order valence-electron chi connectivity index (χ2n) is 8.58. The second kappa shape index (κ2) is 8.57. The lowest BCUT2D eigenvalue weighted by Crippen LogP contribution is -2.37. The van der Waals surface area contributed by atoms with Gasteiger partial charge in [0.1, 0.15) is 5.69 Å². The number of amides is 1. The van der Waals surface area contributed by atoms with Gasteiger partial charge in [-0.1, -0.05) is 42.0 Å². The number of nitrogens with zero attached hydrogens (tertiary/aromatic N) is 6. The van der Waals surface area contributed by atoms with Crippen molar-refractivity contribution in [1.29, 1.82) is 0 Å². The fourth-order valence-electron chi connectivity index (χ4n) is 4.48. The summed E-state index contributed by atoms with van der Waals surface area (Å²) in [6.07, 6.45) is 8.91. The van der Waals surface area contributed by atoms with Gasteiger partial charge in [0, 0.05) is 51.8 Å². The molecule has 4 heterocycles. The summed E-state index contributed by atoms with van der Waals surface area (Å²) in [6.45, 7) is 4.67. The van der Waals surface area contributed by atoms with E-state index in [1.54, 1.807) is 11.6 Å². The zero-order valence-corrected chi connectivity index (χ0v) is 18.7. The molecule has 3 aromatic rings. The van der Waals surface area contributed by atoms with Gasteiger partial charge in [0.2, 0.25) is 5.91 Å². The van der Waals surface area contributed by atoms with Crippen LogP contribution in [0.1, 0.15) is 36.7 Å². The average Bonchev–Trinajstić information content (AvgIpc) is 3.25. The van der Waals surface area contributed by atoms with Gasteiger partial charge >= 0.3 is 0 Å². The van der Waals surface area contributed by atoms with Crippen LogP contribution in [0.5, 0.6) is 0 Å². The van der Waals surface area contributed by atoms with Crippen molar-refractivity contribution in [2.45, 2.75) is 32.7 Å². The standard InChI is InChI=1S/C25H28N6O/c1-18(32)31-13-10-22-23(17-31)27-24(21-15-26-29(2)16-21)25(28-22)30-11-8-20(9-12-30)14-19-6-4-3-5-7-19/h3-7,14-16H,8-13,17H2,1-2H3. The molecule has 32 heavy (non-hydrogen) atoms. The van der Waals surface area contributed by atoms with Crippen molar-refractivity contribution >= 4 is 17.8 Å². The fraction of sp³-hybridized carbons (Fsp3) is 0.360. The van der Waals surface area contributed by atoms with E-state index in [-0.39, 0.29) is 5.91 Å². The maximum atomic E-state index is 11.9. The Labute approximate surface area is 188 Å². The fourth-order valence-corrected chi connectivity index (χ4v) is 4.48. The molecule has 7 nitrogen and oxygen atoms in total. The first kappa shape index (κ1) is 20.4. The van der Waals surface area contributed by atoms with E-state index in [2.05, 4.69) is 46.4 Å². The lowest BCUT2D eigenvalue weighted by Gasteiger charge is -2.33. The Balaban J connectivity index is 1.44. The van der Waals surface area contributed by atoms with E-state index in [1.165, 1.54) is 11.1 Å². The van der Waals surface area contributed by atoms with Crippen molar-refractivity contribution in [1.82, 2.24) is 24.6 Å². The summed E-state index contributed by atoms with van der Waals surface area (Å²) in [5.74, 6) is 1.02. The van der Waals surface area contributed by atoms with Crippen molar-refractivity contribution < 1.29 is 4.79 Å². The molecule has 0 unspecified atom stereocenters. The van der Waals surface area contributed by atoms with E-state index in [0.717, 1.165) is 60.8 Å². The highest BCUT2D eigenvalue weighted by Crippen LogP contribution is 2.33. The predicted octanol–water partition coefficient (Wildman–Crippen LogP) is 3.47. The topological polar surface area (TPSA) is 67.2 Å². The van der Waals surface area contributed by atoms with Crippen molar-refractivity contribution in [3.8, 4) is 11.3 Å². The minimum absolute atomic E-state index is 0.0817. The second-order valence-corrected chi connectivity index (χ2v) is 8.58. The molecular weight excluding hydrogens is 400 g/mol. The van der Waals surface area contributed by atoms with Crippen molar-refractivity contribution in [3.63, 3.8) is 0 Å². The molecule has 1 saturated heterocycles. The van der Waals surface area contributed by atoms with E-state index in [0.29, 0.717) is 13.1 Å². The van der Waals surface area contributed by atoms with E-state index in [4.69, 9.17) is 9.97 Å². The molecule has 0 N–H and O–H groups in total. The molecule has 0 radical (unpaired) electrons. The van der Waals surface area contributed by atoms with E-state index in [1.807, 2.05) is 24.3 Å². The molecule has 0 bridgehead atoms. The average molecular weight is 429 g/mol. The van der Waals surface area contributed by atoms with Gasteiger partial charge in [-0.25, -0.2) is 9.97 Å². The van der Waals surface area contributed by atoms with Crippen LogP contribution in [0.2, 0.25) is 0 Å². The summed E-state index contributed by atoms with van der Waals surface area (Å²) >= 11 is 0. The molecule has 5 rings (SSSR count). The Morgan fingerprint density at radius 2 is 1.78 bits per heavy atom. The van der Waals surface area contributed by atoms with Gasteiger partial charge in [-0.05, 0) is 18.4 Å². The van der Waals surface area contributed by atoms with Gasteiger partial charge < -0.3 is 9.80 Å². The SMILES string of the molecule is CC(=O)N1CCc2nc(N3CCC(=Cc4ccccc4)CC3)c(-c3cnn(C)c3)nc2C1. The maximum Gasteiger partial charge on any atom is 0.219 e. The molecule has 1 amide bonds. The minimum Gasteiger partial charge on any atom is -0.354 e. The number of benzene rings is 1. The monoisotopic (exact) mass is 428 g/mol. The summed E-state index contributed by atoms with van der Waals surface area (Å²) in [5, 5.41) is 4.35. The Morgan fingerprint density at radius 1 is 1.00 bits per heavy atom. The van der Waals surface area contributed by atoms with Gasteiger partial charge in [-0.3, -0.25) is 9.48 Å². The van der Waals surface area contributed by atoms with Crippen LogP contribution in [0, 0.1) is 0 Å². The number of aromatic nitrogens is 4. The van der Waals surface area contributed by atoms with Crippen molar-refractivity contribution in [3.05, 3.63) is 65.2 Å². The molecule has 0 aliphatic carbocycles. The number of rotatable bonds is 3. The zero-order valence-electron chi connectivity index (χ0n) is 18.7. The smallest absolute Gasteiger partial charge is 0.219 e. The normalized spacial score (nSPS) is 16.1. The van der Waals surface area contributed by atoms with Crippen LogP contribution in [0.4, 0.5) is 5.82 Å². The van der Waals surface area contributed by atoms with Crippen LogP contribution in [-0.2, 0) is 24.8 Å². The van der Waals surface area contributed by atoms with Crippen LogP contribution >= 0.6 is 0 Å². The van der Waals surface area contributed by atoms with E-state index >= 15 is 0 Å². The van der Waals surface area contributed by atoms with Crippen molar-refractivity contribution in [2.75, 3.05) is 24.5 Å². The highest BCUT2D eigenvalue weighted by atomic mass is 16.2. The summed E-state index contributed by atoms with van der Waals surface area (Å²) in [4.78, 5) is 26.2. The quantitative estimate of drug-likeness (QED) is 0.639. The third kappa shape index (κ3) is 4.15. The largest absolute Gasteiger partial charge is 0.354 e. The van der Waals surface area contributed by atoms with E-state index < -0.39 is 0 Å². The Bertz CT molecular complexity index is 1160. The first-order valence-electron chi connectivity index (χ1n) is 11.2. The third-order valence-electron chi connectivity index (χ3n) is 6.29. The summed E-state index contributed by atoms with van der Waals surface area (Å²) in [7, 11) is 1.91. The molecule has 2 aromatic heterocycles. The predicted molar refractivity (Wildman–Crippen MR) is 125 cm³/mol. The molecule has 1 fully saturated rings. The lowest BCUT2D eigenvalue weighted by molar-refractivity contribution is -0.129. The van der Waals surface area contributed by atoms with Gasteiger partial charge in [0.15, 0.2) is 5.82 Å². The lowest BCUT2D eigenvalue weighted by atomic mass is 10.0. The van der Waals surface area contributed by atoms with Crippen LogP contribution in [-0.4, -0.2) is 50.2 Å². The van der Waals surface area contributed by atoms with Crippen LogP contribution in [0.3, 0.4) is 0 Å². The number of hydrogen-bond donors (Lipinski definition) is 0. The number of carbonyl (C=O) groups is 1. The Morgan fingerprint density at radius 3 is 2.47 bits per heavy atom. The van der Waals surface area contributed by atoms with E-state index in [9.17, 15) is 4.79 Å². The first-order chi connectivity index (χ1) is 15.6. The number of piperidine rings is 1. The maximum absolute atomic E-state index is 11.9. The minimum atomic E-state index is 0.0817. The molecule has 164 valence electrons. The van der Waals surface area contributed by atoms with Crippen LogP contribution < -0.4 is 4.90 Å². The number of aryl methyl sites for hydroxylation is 1. The van der Waals surface area contributed by atoms with Gasteiger partial charge in [0.25, 0.3) is 0 Å². The number of hydrogen-bond acceptors (Lipinski definition) is 5. The summed E-state index contributed by atoms with van der Waals surface area (Å²) in [5.41, 5.74) is 6.46. The van der Waals surface area contributed by atoms with Crippen molar-refractivity contribution in [2.24, 2.45) is 7.05 Å². The number of fused-ring (bicyclic) bond motifs is 1. The van der Waals surface area contributed by atoms with Gasteiger partial charge in [-0.2, -0.15) is 5.10 Å². The van der Waals surface area contributed by atoms with Gasteiger partial charge in [0.05, 0.1) is 24.1 Å². The molecule has 0 saturated carbocycles. The Hall–Kier alpha value is -3.48. The molecule has 0 atom stereocenters. The highest BCUT2D eigenvalue weighted by Gasteiger charge is 2.27. The Kier molecular flexibility index (Phi) is 5.47.